The molecule has 0 bridgehead atoms. The largest absolute Gasteiger partial charge is 0.375 e. The van der Waals surface area contributed by atoms with Crippen LogP contribution >= 0.6 is 0 Å². The number of ether oxygens (including phenoxy) is 1. The Bertz CT molecular complexity index is 726. The van der Waals surface area contributed by atoms with Gasteiger partial charge in [0.25, 0.3) is 5.91 Å². The maximum Gasteiger partial charge on any atom is 0.270 e. The van der Waals surface area contributed by atoms with Gasteiger partial charge in [0.05, 0.1) is 12.7 Å². The Hall–Kier alpha value is -2.34. The first-order valence-electron chi connectivity index (χ1n) is 8.69. The molecule has 0 unspecified atom stereocenters. The highest BCUT2D eigenvalue weighted by Crippen LogP contribution is 2.17. The fourth-order valence-electron chi connectivity index (χ4n) is 3.11. The number of anilines is 1. The fraction of sp³-hybridized carbons (Fsp3) is 0.474. The molecule has 1 atom stereocenters. The van der Waals surface area contributed by atoms with Crippen LogP contribution in [0.15, 0.2) is 36.7 Å². The van der Waals surface area contributed by atoms with E-state index < -0.39 is 0 Å². The van der Waals surface area contributed by atoms with Gasteiger partial charge < -0.3 is 19.1 Å². The van der Waals surface area contributed by atoms with E-state index in [-0.39, 0.29) is 12.0 Å². The van der Waals surface area contributed by atoms with E-state index in [1.165, 1.54) is 5.56 Å². The summed E-state index contributed by atoms with van der Waals surface area (Å²) in [5.74, 6) is 1.04. The Morgan fingerprint density at radius 1 is 1.40 bits per heavy atom. The molecule has 1 aliphatic rings. The van der Waals surface area contributed by atoms with Crippen molar-refractivity contribution in [1.29, 1.82) is 0 Å². The molecule has 6 nitrogen and oxygen atoms in total. The molecule has 2 aromatic rings. The van der Waals surface area contributed by atoms with Crippen LogP contribution in [-0.4, -0.2) is 60.3 Å². The number of aromatic nitrogens is 2. The van der Waals surface area contributed by atoms with Crippen molar-refractivity contribution in [2.24, 2.45) is 7.05 Å². The monoisotopic (exact) mass is 342 g/mol. The molecule has 1 saturated heterocycles. The number of nitrogens with zero attached hydrogens (tertiary/aromatic N) is 4. The van der Waals surface area contributed by atoms with Crippen molar-refractivity contribution >= 4 is 11.7 Å². The molecular weight excluding hydrogens is 316 g/mol. The number of hydrogen-bond donors (Lipinski definition) is 0. The van der Waals surface area contributed by atoms with Gasteiger partial charge in [-0.05, 0) is 42.7 Å². The average Bonchev–Trinajstić information content (AvgIpc) is 3.06. The topological polar surface area (TPSA) is 50.6 Å². The lowest BCUT2D eigenvalue weighted by atomic mass is 10.1. The van der Waals surface area contributed by atoms with Gasteiger partial charge in [0.2, 0.25) is 0 Å². The van der Waals surface area contributed by atoms with Crippen LogP contribution in [0.4, 0.5) is 5.82 Å². The number of carbonyl (C=O) groups excluding carboxylic acids is 1. The summed E-state index contributed by atoms with van der Waals surface area (Å²) in [5, 5.41) is 0. The van der Waals surface area contributed by atoms with Crippen LogP contribution in [-0.2, 0) is 18.2 Å². The Kier molecular flexibility index (Phi) is 5.38. The van der Waals surface area contributed by atoms with E-state index in [0.29, 0.717) is 19.7 Å². The molecule has 0 N–H and O–H groups in total. The van der Waals surface area contributed by atoms with E-state index in [9.17, 15) is 4.79 Å². The number of morpholine rings is 1. The SMILES string of the molecule is CN(C)c1cc(CC[C@@H]2CN(C(=O)c3cccn3C)CCO2)ccn1. The quantitative estimate of drug-likeness (QED) is 0.833. The normalized spacial score (nSPS) is 17.6. The maximum atomic E-state index is 12.7. The van der Waals surface area contributed by atoms with Gasteiger partial charge in [0.15, 0.2) is 0 Å². The van der Waals surface area contributed by atoms with Crippen LogP contribution in [0.25, 0.3) is 0 Å². The smallest absolute Gasteiger partial charge is 0.270 e. The van der Waals surface area contributed by atoms with Crippen LogP contribution in [0.3, 0.4) is 0 Å². The Morgan fingerprint density at radius 2 is 2.24 bits per heavy atom. The van der Waals surface area contributed by atoms with Gasteiger partial charge in [-0.15, -0.1) is 0 Å². The van der Waals surface area contributed by atoms with Crippen molar-refractivity contribution < 1.29 is 9.53 Å². The van der Waals surface area contributed by atoms with Crippen molar-refractivity contribution in [1.82, 2.24) is 14.5 Å². The molecule has 6 heteroatoms. The molecule has 0 spiro atoms. The highest BCUT2D eigenvalue weighted by Gasteiger charge is 2.26. The lowest BCUT2D eigenvalue weighted by Crippen LogP contribution is -2.46. The van der Waals surface area contributed by atoms with Gasteiger partial charge in [-0.3, -0.25) is 4.79 Å². The second-order valence-electron chi connectivity index (χ2n) is 6.70. The summed E-state index contributed by atoms with van der Waals surface area (Å²) in [6.45, 7) is 1.90. The Labute approximate surface area is 149 Å². The second-order valence-corrected chi connectivity index (χ2v) is 6.70. The van der Waals surface area contributed by atoms with Crippen LogP contribution in [0, 0.1) is 0 Å². The lowest BCUT2D eigenvalue weighted by Gasteiger charge is -2.33. The number of hydrogen-bond acceptors (Lipinski definition) is 4. The van der Waals surface area contributed by atoms with Crippen molar-refractivity contribution in [3.63, 3.8) is 0 Å². The van der Waals surface area contributed by atoms with E-state index in [1.807, 2.05) is 66.1 Å². The van der Waals surface area contributed by atoms with Crippen molar-refractivity contribution in [2.75, 3.05) is 38.7 Å². The van der Waals surface area contributed by atoms with Crippen LogP contribution in [0.2, 0.25) is 0 Å². The minimum atomic E-state index is 0.0777. The van der Waals surface area contributed by atoms with Crippen molar-refractivity contribution in [3.05, 3.63) is 47.9 Å². The molecule has 1 amide bonds. The molecular formula is C19H26N4O2. The third-order valence-corrected chi connectivity index (χ3v) is 4.61. The first-order valence-corrected chi connectivity index (χ1v) is 8.69. The van der Waals surface area contributed by atoms with Gasteiger partial charge in [-0.2, -0.15) is 0 Å². The summed E-state index contributed by atoms with van der Waals surface area (Å²) in [6, 6.07) is 7.92. The van der Waals surface area contributed by atoms with Gasteiger partial charge in [0, 0.05) is 46.6 Å². The molecule has 0 radical (unpaired) electrons. The molecule has 25 heavy (non-hydrogen) atoms. The zero-order valence-corrected chi connectivity index (χ0v) is 15.2. The van der Waals surface area contributed by atoms with Gasteiger partial charge >= 0.3 is 0 Å². The summed E-state index contributed by atoms with van der Waals surface area (Å²) in [4.78, 5) is 20.9. The number of rotatable bonds is 5. The molecule has 3 heterocycles. The number of carbonyl (C=O) groups is 1. The first kappa shape index (κ1) is 17.5. The van der Waals surface area contributed by atoms with Crippen LogP contribution in [0.1, 0.15) is 22.5 Å². The summed E-state index contributed by atoms with van der Waals surface area (Å²) < 4.78 is 7.75. The van der Waals surface area contributed by atoms with Crippen molar-refractivity contribution in [2.45, 2.75) is 18.9 Å². The van der Waals surface area contributed by atoms with Gasteiger partial charge in [0.1, 0.15) is 11.5 Å². The van der Waals surface area contributed by atoms with E-state index in [2.05, 4.69) is 11.1 Å². The third kappa shape index (κ3) is 4.20. The molecule has 3 rings (SSSR count). The maximum absolute atomic E-state index is 12.7. The molecule has 2 aromatic heterocycles. The Morgan fingerprint density at radius 3 is 2.96 bits per heavy atom. The number of aryl methyl sites for hydroxylation is 2. The summed E-state index contributed by atoms with van der Waals surface area (Å²) in [6.07, 6.45) is 5.64. The van der Waals surface area contributed by atoms with Crippen LogP contribution < -0.4 is 4.90 Å². The van der Waals surface area contributed by atoms with Gasteiger partial charge in [-0.1, -0.05) is 0 Å². The first-order chi connectivity index (χ1) is 12.0. The third-order valence-electron chi connectivity index (χ3n) is 4.61. The predicted molar refractivity (Wildman–Crippen MR) is 97.9 cm³/mol. The zero-order chi connectivity index (χ0) is 17.8. The second kappa shape index (κ2) is 7.70. The predicted octanol–water partition coefficient (Wildman–Crippen LogP) is 1.96. The van der Waals surface area contributed by atoms with E-state index in [4.69, 9.17) is 4.74 Å². The Balaban J connectivity index is 1.58. The molecule has 1 fully saturated rings. The molecule has 134 valence electrons. The van der Waals surface area contributed by atoms with Crippen molar-refractivity contribution in [3.8, 4) is 0 Å². The standard InChI is InChI=1S/C19H26N4O2/c1-21(2)18-13-15(8-9-20-18)6-7-16-14-23(11-12-25-16)19(24)17-5-4-10-22(17)3/h4-5,8-10,13,16H,6-7,11-12,14H2,1-3H3/t16-/m1/s1. The zero-order valence-electron chi connectivity index (χ0n) is 15.2. The number of amides is 1. The van der Waals surface area contributed by atoms with E-state index in [0.717, 1.165) is 24.4 Å². The average molecular weight is 342 g/mol. The summed E-state index contributed by atoms with van der Waals surface area (Å²) >= 11 is 0. The number of pyridine rings is 1. The lowest BCUT2D eigenvalue weighted by molar-refractivity contribution is -0.0248. The highest BCUT2D eigenvalue weighted by molar-refractivity contribution is 5.92. The molecule has 0 aliphatic carbocycles. The minimum Gasteiger partial charge on any atom is -0.375 e. The summed E-state index contributed by atoms with van der Waals surface area (Å²) in [7, 11) is 5.88. The van der Waals surface area contributed by atoms with Crippen LogP contribution in [0.5, 0.6) is 0 Å². The molecule has 0 saturated carbocycles. The summed E-state index contributed by atoms with van der Waals surface area (Å²) in [5.41, 5.74) is 1.97. The van der Waals surface area contributed by atoms with E-state index in [1.54, 1.807) is 0 Å². The highest BCUT2D eigenvalue weighted by atomic mass is 16.5. The minimum absolute atomic E-state index is 0.0777. The molecule has 1 aliphatic heterocycles. The fourth-order valence-corrected chi connectivity index (χ4v) is 3.11. The van der Waals surface area contributed by atoms with Gasteiger partial charge in [-0.25, -0.2) is 4.98 Å². The van der Waals surface area contributed by atoms with E-state index >= 15 is 0 Å². The molecule has 0 aromatic carbocycles.